The number of methoxy groups -OCH3 is 1. The summed E-state index contributed by atoms with van der Waals surface area (Å²) < 4.78 is 42.3. The lowest BCUT2D eigenvalue weighted by atomic mass is 10.0. The van der Waals surface area contributed by atoms with E-state index in [9.17, 15) is 18.0 Å². The maximum atomic E-state index is 12.5. The molecule has 0 bridgehead atoms. The number of amides is 1. The van der Waals surface area contributed by atoms with Gasteiger partial charge in [-0.2, -0.15) is 13.2 Å². The molecule has 0 radical (unpaired) electrons. The van der Waals surface area contributed by atoms with E-state index < -0.39 is 17.6 Å². The SMILES string of the molecule is COc1ccc(CNC(=O)C(C)(N)C(F)(F)F)cn1. The Hall–Kier alpha value is -1.83. The van der Waals surface area contributed by atoms with Crippen LogP contribution in [0.15, 0.2) is 18.3 Å². The van der Waals surface area contributed by atoms with Crippen molar-refractivity contribution in [1.82, 2.24) is 10.3 Å². The summed E-state index contributed by atoms with van der Waals surface area (Å²) in [5.74, 6) is -0.926. The summed E-state index contributed by atoms with van der Waals surface area (Å²) >= 11 is 0. The van der Waals surface area contributed by atoms with E-state index in [4.69, 9.17) is 10.5 Å². The number of nitrogens with one attached hydrogen (secondary N) is 1. The molecule has 1 atom stereocenters. The number of ether oxygens (including phenoxy) is 1. The van der Waals surface area contributed by atoms with Gasteiger partial charge in [0.15, 0.2) is 5.54 Å². The molecule has 19 heavy (non-hydrogen) atoms. The van der Waals surface area contributed by atoms with Crippen LogP contribution in [0.25, 0.3) is 0 Å². The normalized spacial score (nSPS) is 14.6. The minimum Gasteiger partial charge on any atom is -0.481 e. The number of carbonyl (C=O) groups is 1. The first-order valence-electron chi connectivity index (χ1n) is 5.31. The molecular weight excluding hydrogens is 263 g/mol. The Morgan fingerprint density at radius 2 is 2.11 bits per heavy atom. The molecule has 1 aromatic heterocycles. The van der Waals surface area contributed by atoms with Gasteiger partial charge in [0.25, 0.3) is 0 Å². The Morgan fingerprint density at radius 3 is 2.53 bits per heavy atom. The topological polar surface area (TPSA) is 77.2 Å². The Bertz CT molecular complexity index is 443. The summed E-state index contributed by atoms with van der Waals surface area (Å²) in [5.41, 5.74) is 2.59. The minimum absolute atomic E-state index is 0.0985. The Kier molecular flexibility index (Phi) is 4.35. The van der Waals surface area contributed by atoms with Crippen LogP contribution in [0.1, 0.15) is 12.5 Å². The van der Waals surface area contributed by atoms with Crippen molar-refractivity contribution in [2.45, 2.75) is 25.2 Å². The molecule has 8 heteroatoms. The predicted octanol–water partition coefficient (Wildman–Crippen LogP) is 0.986. The number of alkyl halides is 3. The summed E-state index contributed by atoms with van der Waals surface area (Å²) in [6.07, 6.45) is -3.42. The van der Waals surface area contributed by atoms with Gasteiger partial charge in [-0.15, -0.1) is 0 Å². The molecule has 5 nitrogen and oxygen atoms in total. The molecule has 0 spiro atoms. The zero-order valence-electron chi connectivity index (χ0n) is 10.4. The second-order valence-corrected chi connectivity index (χ2v) is 4.09. The summed E-state index contributed by atoms with van der Waals surface area (Å²) in [5, 5.41) is 2.12. The fourth-order valence-electron chi connectivity index (χ4n) is 1.13. The van der Waals surface area contributed by atoms with E-state index in [0.717, 1.165) is 0 Å². The van der Waals surface area contributed by atoms with Crippen LogP contribution in [0.5, 0.6) is 5.88 Å². The van der Waals surface area contributed by atoms with E-state index in [0.29, 0.717) is 18.4 Å². The molecule has 0 saturated heterocycles. The van der Waals surface area contributed by atoms with Crippen molar-refractivity contribution in [3.63, 3.8) is 0 Å². The summed E-state index contributed by atoms with van der Waals surface area (Å²) in [6, 6.07) is 3.11. The van der Waals surface area contributed by atoms with Crippen LogP contribution in [0, 0.1) is 0 Å². The Labute approximate surface area is 108 Å². The lowest BCUT2D eigenvalue weighted by Crippen LogP contribution is -2.61. The van der Waals surface area contributed by atoms with Crippen molar-refractivity contribution in [2.75, 3.05) is 7.11 Å². The van der Waals surface area contributed by atoms with Gasteiger partial charge in [0, 0.05) is 18.8 Å². The Balaban J connectivity index is 2.63. The molecule has 106 valence electrons. The molecule has 1 unspecified atom stereocenters. The van der Waals surface area contributed by atoms with Crippen molar-refractivity contribution < 1.29 is 22.7 Å². The van der Waals surface area contributed by atoms with Crippen LogP contribution in [0.2, 0.25) is 0 Å². The van der Waals surface area contributed by atoms with Gasteiger partial charge in [-0.3, -0.25) is 4.79 Å². The zero-order chi connectivity index (χ0) is 14.7. The van der Waals surface area contributed by atoms with E-state index in [1.165, 1.54) is 19.4 Å². The number of hydrogen-bond acceptors (Lipinski definition) is 4. The van der Waals surface area contributed by atoms with E-state index >= 15 is 0 Å². The summed E-state index contributed by atoms with van der Waals surface area (Å²) in [6.45, 7) is 0.521. The van der Waals surface area contributed by atoms with Crippen molar-refractivity contribution in [2.24, 2.45) is 5.73 Å². The molecule has 0 fully saturated rings. The highest BCUT2D eigenvalue weighted by molar-refractivity contribution is 5.86. The highest BCUT2D eigenvalue weighted by Crippen LogP contribution is 2.27. The third-order valence-corrected chi connectivity index (χ3v) is 2.52. The third kappa shape index (κ3) is 3.57. The zero-order valence-corrected chi connectivity index (χ0v) is 10.4. The van der Waals surface area contributed by atoms with Crippen molar-refractivity contribution in [1.29, 1.82) is 0 Å². The first-order valence-corrected chi connectivity index (χ1v) is 5.31. The number of hydrogen-bond donors (Lipinski definition) is 2. The second-order valence-electron chi connectivity index (χ2n) is 4.09. The maximum absolute atomic E-state index is 12.5. The van der Waals surface area contributed by atoms with E-state index in [2.05, 4.69) is 10.3 Å². The van der Waals surface area contributed by atoms with Gasteiger partial charge in [0.1, 0.15) is 0 Å². The molecule has 0 aromatic carbocycles. The Morgan fingerprint density at radius 1 is 1.47 bits per heavy atom. The van der Waals surface area contributed by atoms with E-state index in [1.807, 2.05) is 0 Å². The van der Waals surface area contributed by atoms with Crippen molar-refractivity contribution in [3.05, 3.63) is 23.9 Å². The summed E-state index contributed by atoms with van der Waals surface area (Å²) in [7, 11) is 1.44. The molecule has 1 aromatic rings. The van der Waals surface area contributed by atoms with Crippen LogP contribution in [-0.4, -0.2) is 29.7 Å². The van der Waals surface area contributed by atoms with Gasteiger partial charge < -0.3 is 15.8 Å². The number of halogens is 3. The molecule has 0 aliphatic rings. The number of pyridine rings is 1. The molecule has 3 N–H and O–H groups in total. The molecule has 0 aliphatic carbocycles. The highest BCUT2D eigenvalue weighted by Gasteiger charge is 2.53. The van der Waals surface area contributed by atoms with Crippen LogP contribution >= 0.6 is 0 Å². The fraction of sp³-hybridized carbons (Fsp3) is 0.455. The van der Waals surface area contributed by atoms with Crippen molar-refractivity contribution >= 4 is 5.91 Å². The maximum Gasteiger partial charge on any atom is 0.415 e. The number of rotatable bonds is 4. The highest BCUT2D eigenvalue weighted by atomic mass is 19.4. The van der Waals surface area contributed by atoms with Crippen LogP contribution in [-0.2, 0) is 11.3 Å². The molecular formula is C11H14F3N3O2. The minimum atomic E-state index is -4.81. The smallest absolute Gasteiger partial charge is 0.415 e. The van der Waals surface area contributed by atoms with Gasteiger partial charge >= 0.3 is 6.18 Å². The van der Waals surface area contributed by atoms with Crippen LogP contribution in [0.4, 0.5) is 13.2 Å². The third-order valence-electron chi connectivity index (χ3n) is 2.52. The molecule has 1 heterocycles. The average molecular weight is 277 g/mol. The number of nitrogens with two attached hydrogens (primary N) is 1. The van der Waals surface area contributed by atoms with E-state index in [-0.39, 0.29) is 6.54 Å². The molecule has 0 saturated carbocycles. The van der Waals surface area contributed by atoms with Gasteiger partial charge in [-0.05, 0) is 12.5 Å². The van der Waals surface area contributed by atoms with Gasteiger partial charge in [0.2, 0.25) is 11.8 Å². The van der Waals surface area contributed by atoms with Crippen LogP contribution in [0.3, 0.4) is 0 Å². The van der Waals surface area contributed by atoms with E-state index in [1.54, 1.807) is 6.07 Å². The molecule has 0 aliphatic heterocycles. The van der Waals surface area contributed by atoms with Crippen LogP contribution < -0.4 is 15.8 Å². The quantitative estimate of drug-likeness (QED) is 0.860. The second kappa shape index (κ2) is 5.43. The van der Waals surface area contributed by atoms with Gasteiger partial charge in [-0.1, -0.05) is 6.07 Å². The van der Waals surface area contributed by atoms with Gasteiger partial charge in [-0.25, -0.2) is 4.98 Å². The number of aromatic nitrogens is 1. The first kappa shape index (κ1) is 15.2. The lowest BCUT2D eigenvalue weighted by molar-refractivity contribution is -0.187. The monoisotopic (exact) mass is 277 g/mol. The largest absolute Gasteiger partial charge is 0.481 e. The molecule has 1 amide bonds. The first-order chi connectivity index (χ1) is 8.68. The number of carbonyl (C=O) groups excluding carboxylic acids is 1. The predicted molar refractivity (Wildman–Crippen MR) is 61.3 cm³/mol. The lowest BCUT2D eigenvalue weighted by Gasteiger charge is -2.26. The standard InChI is InChI=1S/C11H14F3N3O2/c1-10(15,11(12,13)14)9(18)17-6-7-3-4-8(19-2)16-5-7/h3-5H,6,15H2,1-2H3,(H,17,18). The average Bonchev–Trinajstić information content (AvgIpc) is 2.35. The fourth-order valence-corrected chi connectivity index (χ4v) is 1.13. The molecule has 1 rings (SSSR count). The van der Waals surface area contributed by atoms with Gasteiger partial charge in [0.05, 0.1) is 7.11 Å². The number of nitrogens with zero attached hydrogens (tertiary/aromatic N) is 1. The summed E-state index contributed by atoms with van der Waals surface area (Å²) in [4.78, 5) is 15.3. The van der Waals surface area contributed by atoms with Crippen molar-refractivity contribution in [3.8, 4) is 5.88 Å².